The van der Waals surface area contributed by atoms with Gasteiger partial charge in [-0.15, -0.1) is 11.3 Å². The lowest BCUT2D eigenvalue weighted by atomic mass is 10.2. The van der Waals surface area contributed by atoms with Crippen LogP contribution in [0.5, 0.6) is 0 Å². The largest absolute Gasteiger partial charge is 0.461 e. The highest BCUT2D eigenvalue weighted by molar-refractivity contribution is 7.16. The standard InChI is InChI=1S/C25H19N3O5S/c1-3-32-25(31)21-17-13-34-23(26-22(29)19-12-15-8-4-5-10-18(15)33-19)20(17)24(30)28(27-21)16-9-6-7-14(2)11-16/h4-13H,3H2,1-2H3,(H,26,29). The molecule has 34 heavy (non-hydrogen) atoms. The summed E-state index contributed by atoms with van der Waals surface area (Å²) in [5.74, 6) is -1.04. The summed E-state index contributed by atoms with van der Waals surface area (Å²) in [6, 6.07) is 16.1. The second kappa shape index (κ2) is 8.60. The fraction of sp³-hybridized carbons (Fsp3) is 0.120. The van der Waals surface area contributed by atoms with Crippen molar-refractivity contribution >= 4 is 50.0 Å². The van der Waals surface area contributed by atoms with Crippen molar-refractivity contribution in [3.05, 3.63) is 87.3 Å². The van der Waals surface area contributed by atoms with Gasteiger partial charge >= 0.3 is 5.97 Å². The van der Waals surface area contributed by atoms with Gasteiger partial charge in [-0.3, -0.25) is 9.59 Å². The van der Waals surface area contributed by atoms with Crippen LogP contribution in [-0.4, -0.2) is 28.3 Å². The zero-order valence-corrected chi connectivity index (χ0v) is 19.1. The van der Waals surface area contributed by atoms with Crippen LogP contribution in [0.25, 0.3) is 27.4 Å². The molecule has 9 heteroatoms. The van der Waals surface area contributed by atoms with Crippen molar-refractivity contribution in [1.29, 1.82) is 0 Å². The topological polar surface area (TPSA) is 103 Å². The molecule has 0 unspecified atom stereocenters. The van der Waals surface area contributed by atoms with Crippen LogP contribution in [-0.2, 0) is 4.74 Å². The molecule has 0 fully saturated rings. The minimum Gasteiger partial charge on any atom is -0.461 e. The third kappa shape index (κ3) is 3.75. The minimum atomic E-state index is -0.651. The van der Waals surface area contributed by atoms with Crippen LogP contribution in [0.15, 0.2) is 69.2 Å². The molecule has 1 amide bonds. The minimum absolute atomic E-state index is 0.00144. The number of anilines is 1. The monoisotopic (exact) mass is 473 g/mol. The van der Waals surface area contributed by atoms with Gasteiger partial charge in [-0.25, -0.2) is 4.79 Å². The summed E-state index contributed by atoms with van der Waals surface area (Å²) in [4.78, 5) is 39.1. The molecule has 1 N–H and O–H groups in total. The van der Waals surface area contributed by atoms with Crippen molar-refractivity contribution < 1.29 is 18.7 Å². The first-order valence-electron chi connectivity index (χ1n) is 10.5. The maximum absolute atomic E-state index is 13.5. The lowest BCUT2D eigenvalue weighted by molar-refractivity contribution is 0.0520. The summed E-state index contributed by atoms with van der Waals surface area (Å²) in [7, 11) is 0. The Balaban J connectivity index is 1.64. The molecule has 0 atom stereocenters. The second-order valence-electron chi connectivity index (χ2n) is 7.58. The van der Waals surface area contributed by atoms with Gasteiger partial charge in [0.15, 0.2) is 11.5 Å². The van der Waals surface area contributed by atoms with Gasteiger partial charge in [-0.1, -0.05) is 30.3 Å². The Morgan fingerprint density at radius 2 is 1.97 bits per heavy atom. The molecule has 0 spiro atoms. The number of benzene rings is 2. The molecule has 3 aromatic heterocycles. The highest BCUT2D eigenvalue weighted by Crippen LogP contribution is 2.31. The molecule has 0 saturated carbocycles. The Hall–Kier alpha value is -4.24. The van der Waals surface area contributed by atoms with E-state index in [1.807, 2.05) is 31.2 Å². The molecule has 8 nitrogen and oxygen atoms in total. The normalized spacial score (nSPS) is 11.1. The van der Waals surface area contributed by atoms with Gasteiger partial charge in [0.2, 0.25) is 0 Å². The van der Waals surface area contributed by atoms with Gasteiger partial charge in [-0.05, 0) is 43.7 Å². The Morgan fingerprint density at radius 3 is 2.74 bits per heavy atom. The predicted octanol–water partition coefficient (Wildman–Crippen LogP) is 4.93. The fourth-order valence-electron chi connectivity index (χ4n) is 3.69. The molecular weight excluding hydrogens is 454 g/mol. The van der Waals surface area contributed by atoms with Gasteiger partial charge in [-0.2, -0.15) is 9.78 Å². The molecule has 5 aromatic rings. The molecule has 0 radical (unpaired) electrons. The number of carbonyl (C=O) groups excluding carboxylic acids is 2. The van der Waals surface area contributed by atoms with E-state index >= 15 is 0 Å². The van der Waals surface area contributed by atoms with Crippen molar-refractivity contribution in [3.8, 4) is 5.69 Å². The quantitative estimate of drug-likeness (QED) is 0.363. The number of esters is 1. The number of rotatable bonds is 5. The summed E-state index contributed by atoms with van der Waals surface area (Å²) in [5.41, 5.74) is 1.54. The lowest BCUT2D eigenvalue weighted by Gasteiger charge is -2.10. The zero-order chi connectivity index (χ0) is 23.8. The number of amides is 1. The third-order valence-corrected chi connectivity index (χ3v) is 6.14. The number of para-hydroxylation sites is 1. The van der Waals surface area contributed by atoms with E-state index in [4.69, 9.17) is 9.15 Å². The van der Waals surface area contributed by atoms with E-state index in [9.17, 15) is 14.4 Å². The van der Waals surface area contributed by atoms with Crippen molar-refractivity contribution in [2.45, 2.75) is 13.8 Å². The van der Waals surface area contributed by atoms with E-state index in [1.165, 1.54) is 0 Å². The molecule has 170 valence electrons. The number of ether oxygens (including phenoxy) is 1. The number of aryl methyl sites for hydroxylation is 1. The van der Waals surface area contributed by atoms with Crippen molar-refractivity contribution in [3.63, 3.8) is 0 Å². The Morgan fingerprint density at radius 1 is 1.15 bits per heavy atom. The molecule has 0 saturated heterocycles. The van der Waals surface area contributed by atoms with E-state index in [1.54, 1.807) is 42.6 Å². The number of aromatic nitrogens is 2. The number of carbonyl (C=O) groups is 2. The molecule has 0 aliphatic heterocycles. The molecule has 5 rings (SSSR count). The SMILES string of the molecule is CCOC(=O)c1nn(-c2cccc(C)c2)c(=O)c2c(NC(=O)c3cc4ccccc4o3)scc12. The fourth-order valence-corrected chi connectivity index (χ4v) is 4.62. The van der Waals surface area contributed by atoms with Crippen LogP contribution in [0, 0.1) is 6.92 Å². The number of thiophene rings is 1. The maximum atomic E-state index is 13.5. The summed E-state index contributed by atoms with van der Waals surface area (Å²) in [6.07, 6.45) is 0. The second-order valence-corrected chi connectivity index (χ2v) is 8.46. The summed E-state index contributed by atoms with van der Waals surface area (Å²) < 4.78 is 12.0. The van der Waals surface area contributed by atoms with E-state index < -0.39 is 17.4 Å². The predicted molar refractivity (Wildman–Crippen MR) is 130 cm³/mol. The Labute approximate surface area is 197 Å². The molecule has 0 bridgehead atoms. The van der Waals surface area contributed by atoms with Crippen LogP contribution in [0.1, 0.15) is 33.5 Å². The van der Waals surface area contributed by atoms with Crippen LogP contribution in [0.2, 0.25) is 0 Å². The average molecular weight is 474 g/mol. The van der Waals surface area contributed by atoms with Crippen LogP contribution in [0.4, 0.5) is 5.00 Å². The number of nitrogens with zero attached hydrogens (tertiary/aromatic N) is 2. The summed E-state index contributed by atoms with van der Waals surface area (Å²) in [5, 5.41) is 10.3. The molecular formula is C25H19N3O5S. The smallest absolute Gasteiger partial charge is 0.359 e. The van der Waals surface area contributed by atoms with E-state index in [0.29, 0.717) is 21.7 Å². The Bertz CT molecular complexity index is 1600. The average Bonchev–Trinajstić information content (AvgIpc) is 3.44. The molecule has 0 aliphatic rings. The zero-order valence-electron chi connectivity index (χ0n) is 18.3. The maximum Gasteiger partial charge on any atom is 0.359 e. The molecule has 3 heterocycles. The number of nitrogens with one attached hydrogen (secondary N) is 1. The lowest BCUT2D eigenvalue weighted by Crippen LogP contribution is -2.25. The van der Waals surface area contributed by atoms with Crippen molar-refractivity contribution in [2.75, 3.05) is 11.9 Å². The first-order valence-corrected chi connectivity index (χ1v) is 11.4. The van der Waals surface area contributed by atoms with E-state index in [-0.39, 0.29) is 23.4 Å². The van der Waals surface area contributed by atoms with Gasteiger partial charge < -0.3 is 14.5 Å². The first-order chi connectivity index (χ1) is 16.5. The van der Waals surface area contributed by atoms with Gasteiger partial charge in [0.25, 0.3) is 11.5 Å². The highest BCUT2D eigenvalue weighted by atomic mass is 32.1. The van der Waals surface area contributed by atoms with Crippen LogP contribution >= 0.6 is 11.3 Å². The first kappa shape index (κ1) is 21.6. The number of hydrogen-bond acceptors (Lipinski definition) is 7. The molecule has 2 aromatic carbocycles. The number of hydrogen-bond donors (Lipinski definition) is 1. The van der Waals surface area contributed by atoms with Crippen LogP contribution < -0.4 is 10.9 Å². The summed E-state index contributed by atoms with van der Waals surface area (Å²) in [6.45, 7) is 3.74. The highest BCUT2D eigenvalue weighted by Gasteiger charge is 2.24. The van der Waals surface area contributed by atoms with Crippen molar-refractivity contribution in [1.82, 2.24) is 9.78 Å². The van der Waals surface area contributed by atoms with E-state index in [0.717, 1.165) is 27.0 Å². The van der Waals surface area contributed by atoms with Crippen LogP contribution in [0.3, 0.4) is 0 Å². The van der Waals surface area contributed by atoms with Gasteiger partial charge in [0, 0.05) is 16.2 Å². The van der Waals surface area contributed by atoms with Gasteiger partial charge in [0.05, 0.1) is 17.7 Å². The Kier molecular flexibility index (Phi) is 5.46. The molecule has 0 aliphatic carbocycles. The number of furan rings is 1. The summed E-state index contributed by atoms with van der Waals surface area (Å²) >= 11 is 1.13. The van der Waals surface area contributed by atoms with Crippen molar-refractivity contribution in [2.24, 2.45) is 0 Å². The van der Waals surface area contributed by atoms with Gasteiger partial charge in [0.1, 0.15) is 10.6 Å². The van der Waals surface area contributed by atoms with E-state index in [2.05, 4.69) is 10.4 Å². The number of fused-ring (bicyclic) bond motifs is 2. The third-order valence-electron chi connectivity index (χ3n) is 5.24.